The van der Waals surface area contributed by atoms with Crippen LogP contribution in [0, 0.1) is 5.82 Å². The summed E-state index contributed by atoms with van der Waals surface area (Å²) in [5.74, 6) is -0.115. The van der Waals surface area contributed by atoms with Crippen molar-refractivity contribution in [2.75, 3.05) is 7.11 Å². The van der Waals surface area contributed by atoms with Gasteiger partial charge in [-0.05, 0) is 44.4 Å². The minimum absolute atomic E-state index is 0.249. The number of aliphatic hydroxyl groups is 1. The molecule has 0 heterocycles. The number of hydrogen-bond acceptors (Lipinski definition) is 2. The van der Waals surface area contributed by atoms with Crippen molar-refractivity contribution in [2.24, 2.45) is 0 Å². The van der Waals surface area contributed by atoms with E-state index in [0.29, 0.717) is 6.42 Å². The molecule has 2 nitrogen and oxygen atoms in total. The molecule has 0 aliphatic heterocycles. The monoisotopic (exact) mass is 238 g/mol. The molecule has 1 aromatic rings. The molecule has 94 valence electrons. The van der Waals surface area contributed by atoms with E-state index in [1.54, 1.807) is 26.0 Å². The van der Waals surface area contributed by atoms with E-state index in [0.717, 1.165) is 12.0 Å². The molecule has 17 heavy (non-hydrogen) atoms. The molecule has 0 saturated heterocycles. The molecule has 1 rings (SSSR count). The SMILES string of the molecule is COc1ccc(/C=C/CCC(C)(C)O)cc1F. The first-order valence-electron chi connectivity index (χ1n) is 5.65. The van der Waals surface area contributed by atoms with Crippen LogP contribution in [0.25, 0.3) is 6.08 Å². The Bertz CT molecular complexity index is 392. The van der Waals surface area contributed by atoms with Crippen LogP contribution in [-0.2, 0) is 0 Å². The third kappa shape index (κ3) is 5.00. The van der Waals surface area contributed by atoms with E-state index in [-0.39, 0.29) is 11.6 Å². The van der Waals surface area contributed by atoms with Crippen molar-refractivity contribution in [3.8, 4) is 5.75 Å². The second-order valence-electron chi connectivity index (χ2n) is 4.65. The highest BCUT2D eigenvalue weighted by Gasteiger charge is 2.09. The highest BCUT2D eigenvalue weighted by atomic mass is 19.1. The molecule has 0 saturated carbocycles. The molecule has 0 aromatic heterocycles. The lowest BCUT2D eigenvalue weighted by Gasteiger charge is -2.14. The van der Waals surface area contributed by atoms with Crippen LogP contribution in [0.3, 0.4) is 0 Å². The van der Waals surface area contributed by atoms with Crippen LogP contribution in [0.4, 0.5) is 4.39 Å². The second-order valence-corrected chi connectivity index (χ2v) is 4.65. The van der Waals surface area contributed by atoms with Gasteiger partial charge >= 0.3 is 0 Å². The molecule has 0 spiro atoms. The Balaban J connectivity index is 2.57. The lowest BCUT2D eigenvalue weighted by molar-refractivity contribution is 0.0722. The second kappa shape index (κ2) is 5.82. The van der Waals surface area contributed by atoms with Crippen molar-refractivity contribution in [1.82, 2.24) is 0 Å². The van der Waals surface area contributed by atoms with Crippen molar-refractivity contribution in [2.45, 2.75) is 32.3 Å². The van der Waals surface area contributed by atoms with Crippen LogP contribution in [0.15, 0.2) is 24.3 Å². The van der Waals surface area contributed by atoms with Crippen LogP contribution in [0.2, 0.25) is 0 Å². The molecule has 3 heteroatoms. The van der Waals surface area contributed by atoms with Crippen LogP contribution in [0.5, 0.6) is 5.75 Å². The van der Waals surface area contributed by atoms with E-state index < -0.39 is 5.60 Å². The van der Waals surface area contributed by atoms with E-state index in [9.17, 15) is 9.50 Å². The van der Waals surface area contributed by atoms with Gasteiger partial charge in [0.25, 0.3) is 0 Å². The number of allylic oxidation sites excluding steroid dienone is 1. The fraction of sp³-hybridized carbons (Fsp3) is 0.429. The van der Waals surface area contributed by atoms with Gasteiger partial charge in [-0.25, -0.2) is 4.39 Å². The maximum Gasteiger partial charge on any atom is 0.165 e. The summed E-state index contributed by atoms with van der Waals surface area (Å²) >= 11 is 0. The summed E-state index contributed by atoms with van der Waals surface area (Å²) in [6.45, 7) is 3.54. The lowest BCUT2D eigenvalue weighted by Crippen LogP contribution is -2.17. The van der Waals surface area contributed by atoms with Crippen molar-refractivity contribution >= 4 is 6.08 Å². The van der Waals surface area contributed by atoms with Crippen LogP contribution in [-0.4, -0.2) is 17.8 Å². The molecule has 1 N–H and O–H groups in total. The summed E-state index contributed by atoms with van der Waals surface area (Å²) in [6.07, 6.45) is 5.22. The molecule has 0 fully saturated rings. The normalized spacial score (nSPS) is 12.1. The van der Waals surface area contributed by atoms with Gasteiger partial charge < -0.3 is 9.84 Å². The van der Waals surface area contributed by atoms with Crippen LogP contribution in [0.1, 0.15) is 32.3 Å². The summed E-state index contributed by atoms with van der Waals surface area (Å²) < 4.78 is 18.2. The van der Waals surface area contributed by atoms with Gasteiger partial charge in [0.1, 0.15) is 0 Å². The maximum atomic E-state index is 13.4. The Morgan fingerprint density at radius 1 is 1.41 bits per heavy atom. The van der Waals surface area contributed by atoms with Gasteiger partial charge in [-0.2, -0.15) is 0 Å². The Hall–Kier alpha value is -1.35. The zero-order chi connectivity index (χ0) is 12.9. The molecule has 0 aliphatic carbocycles. The third-order valence-corrected chi connectivity index (χ3v) is 2.41. The summed E-state index contributed by atoms with van der Waals surface area (Å²) in [4.78, 5) is 0. The van der Waals surface area contributed by atoms with Crippen LogP contribution < -0.4 is 4.74 Å². The average Bonchev–Trinajstić information content (AvgIpc) is 2.23. The Morgan fingerprint density at radius 3 is 2.65 bits per heavy atom. The molecule has 0 unspecified atom stereocenters. The van der Waals surface area contributed by atoms with Gasteiger partial charge in [0, 0.05) is 0 Å². The Kier molecular flexibility index (Phi) is 4.70. The quantitative estimate of drug-likeness (QED) is 0.852. The standard InChI is InChI=1S/C14H19FO2/c1-14(2,16)9-5-4-6-11-7-8-13(17-3)12(15)10-11/h4,6-8,10,16H,5,9H2,1-3H3/b6-4+. The van der Waals surface area contributed by atoms with Gasteiger partial charge in [-0.3, -0.25) is 0 Å². The van der Waals surface area contributed by atoms with Crippen molar-refractivity contribution in [3.63, 3.8) is 0 Å². The molecular weight excluding hydrogens is 219 g/mol. The van der Waals surface area contributed by atoms with E-state index >= 15 is 0 Å². The maximum absolute atomic E-state index is 13.4. The van der Waals surface area contributed by atoms with Crippen molar-refractivity contribution in [3.05, 3.63) is 35.7 Å². The molecule has 0 bridgehead atoms. The molecular formula is C14H19FO2. The Labute approximate surface area is 102 Å². The highest BCUT2D eigenvalue weighted by Crippen LogP contribution is 2.19. The predicted octanol–water partition coefficient (Wildman–Crippen LogP) is 3.40. The summed E-state index contributed by atoms with van der Waals surface area (Å²) in [5, 5.41) is 9.52. The third-order valence-electron chi connectivity index (χ3n) is 2.41. The van der Waals surface area contributed by atoms with Crippen molar-refractivity contribution in [1.29, 1.82) is 0 Å². The van der Waals surface area contributed by atoms with Gasteiger partial charge in [-0.15, -0.1) is 0 Å². The fourth-order valence-electron chi connectivity index (χ4n) is 1.44. The zero-order valence-electron chi connectivity index (χ0n) is 10.5. The fourth-order valence-corrected chi connectivity index (χ4v) is 1.44. The number of benzene rings is 1. The van der Waals surface area contributed by atoms with Crippen molar-refractivity contribution < 1.29 is 14.2 Å². The Morgan fingerprint density at radius 2 is 2.12 bits per heavy atom. The first-order valence-corrected chi connectivity index (χ1v) is 5.65. The smallest absolute Gasteiger partial charge is 0.165 e. The number of rotatable bonds is 5. The van der Waals surface area contributed by atoms with Crippen LogP contribution >= 0.6 is 0 Å². The van der Waals surface area contributed by atoms with E-state index in [4.69, 9.17) is 4.74 Å². The summed E-state index contributed by atoms with van der Waals surface area (Å²) in [6, 6.07) is 4.83. The first-order chi connectivity index (χ1) is 7.92. The summed E-state index contributed by atoms with van der Waals surface area (Å²) in [5.41, 5.74) is 0.134. The predicted molar refractivity (Wildman–Crippen MR) is 67.5 cm³/mol. The minimum atomic E-state index is -0.657. The lowest BCUT2D eigenvalue weighted by atomic mass is 10.0. The molecule has 0 amide bonds. The number of ether oxygens (including phenoxy) is 1. The first kappa shape index (κ1) is 13.7. The molecule has 0 radical (unpaired) electrons. The van der Waals surface area contributed by atoms with E-state index in [1.165, 1.54) is 13.2 Å². The number of methoxy groups -OCH3 is 1. The van der Waals surface area contributed by atoms with Gasteiger partial charge in [-0.1, -0.05) is 18.2 Å². The summed E-state index contributed by atoms with van der Waals surface area (Å²) in [7, 11) is 1.44. The molecule has 0 aliphatic rings. The highest BCUT2D eigenvalue weighted by molar-refractivity contribution is 5.50. The largest absolute Gasteiger partial charge is 0.494 e. The van der Waals surface area contributed by atoms with Gasteiger partial charge in [0.15, 0.2) is 11.6 Å². The number of halogens is 1. The van der Waals surface area contributed by atoms with E-state index in [1.807, 2.05) is 12.2 Å². The van der Waals surface area contributed by atoms with Gasteiger partial charge in [0.2, 0.25) is 0 Å². The number of hydrogen-bond donors (Lipinski definition) is 1. The molecule has 0 atom stereocenters. The zero-order valence-corrected chi connectivity index (χ0v) is 10.5. The minimum Gasteiger partial charge on any atom is -0.494 e. The molecule has 1 aromatic carbocycles. The average molecular weight is 238 g/mol. The topological polar surface area (TPSA) is 29.5 Å². The van der Waals surface area contributed by atoms with Gasteiger partial charge in [0.05, 0.1) is 12.7 Å². The van der Waals surface area contributed by atoms with E-state index in [2.05, 4.69) is 0 Å².